The van der Waals surface area contributed by atoms with Crippen molar-refractivity contribution in [3.63, 3.8) is 0 Å². The van der Waals surface area contributed by atoms with Crippen LogP contribution in [0, 0.1) is 6.92 Å². The standard InChI is InChI=1S/C18H28N2O.2C2HF3O2/c1-15-6-4-5-7-16(15)13-20-10-9-18(14-20)12-17(19(2)3)8-11-21-18;2*3-2(4,5)1(6)7/h4-7,17H,8-14H2,1-3H3;2*(H,6,7)/t17-,18-;;/m1../s1. The van der Waals surface area contributed by atoms with Gasteiger partial charge in [0.2, 0.25) is 0 Å². The molecule has 2 aliphatic rings. The van der Waals surface area contributed by atoms with E-state index in [4.69, 9.17) is 24.5 Å². The Morgan fingerprint density at radius 2 is 1.60 bits per heavy atom. The van der Waals surface area contributed by atoms with Crippen LogP contribution in [0.3, 0.4) is 0 Å². The second-order valence-corrected chi connectivity index (χ2v) is 8.63. The van der Waals surface area contributed by atoms with Crippen LogP contribution < -0.4 is 0 Å². The molecule has 3 rings (SSSR count). The average molecular weight is 516 g/mol. The van der Waals surface area contributed by atoms with E-state index in [0.29, 0.717) is 6.04 Å². The van der Waals surface area contributed by atoms with Crippen LogP contribution in [0.1, 0.15) is 30.4 Å². The molecule has 200 valence electrons. The average Bonchev–Trinajstić information content (AvgIpc) is 3.10. The van der Waals surface area contributed by atoms with Crippen LogP contribution in [0.5, 0.6) is 0 Å². The number of carboxylic acids is 2. The molecule has 1 aromatic carbocycles. The highest BCUT2D eigenvalue weighted by Gasteiger charge is 2.43. The van der Waals surface area contributed by atoms with E-state index < -0.39 is 24.3 Å². The molecule has 0 radical (unpaired) electrons. The first-order chi connectivity index (χ1) is 16.0. The van der Waals surface area contributed by atoms with Crippen molar-refractivity contribution in [1.29, 1.82) is 0 Å². The number of aryl methyl sites for hydroxylation is 1. The van der Waals surface area contributed by atoms with Crippen LogP contribution in [0.2, 0.25) is 0 Å². The van der Waals surface area contributed by atoms with Crippen molar-refractivity contribution in [2.45, 2.75) is 56.7 Å². The van der Waals surface area contributed by atoms with E-state index in [1.807, 2.05) is 0 Å². The molecule has 2 fully saturated rings. The number of carboxylic acid groups (broad SMARTS) is 2. The summed E-state index contributed by atoms with van der Waals surface area (Å²) in [6.45, 7) is 6.44. The van der Waals surface area contributed by atoms with Crippen LogP contribution in [0.25, 0.3) is 0 Å². The number of halogens is 6. The van der Waals surface area contributed by atoms with Gasteiger partial charge in [-0.3, -0.25) is 4.90 Å². The van der Waals surface area contributed by atoms with Crippen molar-refractivity contribution in [3.8, 4) is 0 Å². The molecule has 0 unspecified atom stereocenters. The molecular weight excluding hydrogens is 486 g/mol. The molecule has 0 saturated carbocycles. The fourth-order valence-corrected chi connectivity index (χ4v) is 3.82. The monoisotopic (exact) mass is 516 g/mol. The van der Waals surface area contributed by atoms with Crippen LogP contribution in [0.4, 0.5) is 26.3 Å². The van der Waals surface area contributed by atoms with Crippen molar-refractivity contribution >= 4 is 11.9 Å². The third-order valence-corrected chi connectivity index (χ3v) is 5.73. The number of alkyl halides is 6. The second-order valence-electron chi connectivity index (χ2n) is 8.63. The summed E-state index contributed by atoms with van der Waals surface area (Å²) in [4.78, 5) is 22.7. The SMILES string of the molecule is Cc1ccccc1CN1CC[C@@]2(C[C@H](N(C)C)CCO2)C1.O=C(O)C(F)(F)F.O=C(O)C(F)(F)F. The van der Waals surface area contributed by atoms with Crippen molar-refractivity contribution in [1.82, 2.24) is 9.80 Å². The van der Waals surface area contributed by atoms with Gasteiger partial charge in [0.15, 0.2) is 0 Å². The zero-order valence-corrected chi connectivity index (χ0v) is 19.6. The Morgan fingerprint density at radius 1 is 1.09 bits per heavy atom. The molecule has 35 heavy (non-hydrogen) atoms. The van der Waals surface area contributed by atoms with Crippen molar-refractivity contribution in [3.05, 3.63) is 35.4 Å². The van der Waals surface area contributed by atoms with E-state index >= 15 is 0 Å². The molecular formula is C22H30F6N2O5. The third-order valence-electron chi connectivity index (χ3n) is 5.73. The molecule has 0 aliphatic carbocycles. The van der Waals surface area contributed by atoms with Gasteiger partial charge in [-0.1, -0.05) is 24.3 Å². The van der Waals surface area contributed by atoms with Gasteiger partial charge < -0.3 is 19.8 Å². The minimum atomic E-state index is -5.08. The van der Waals surface area contributed by atoms with Crippen LogP contribution >= 0.6 is 0 Å². The van der Waals surface area contributed by atoms with Gasteiger partial charge in [-0.2, -0.15) is 26.3 Å². The molecule has 1 aromatic rings. The van der Waals surface area contributed by atoms with E-state index in [2.05, 4.69) is 55.1 Å². The Morgan fingerprint density at radius 3 is 2.06 bits per heavy atom. The number of hydrogen-bond acceptors (Lipinski definition) is 5. The van der Waals surface area contributed by atoms with Crippen LogP contribution in [0.15, 0.2) is 24.3 Å². The lowest BCUT2D eigenvalue weighted by molar-refractivity contribution is -0.193. The lowest BCUT2D eigenvalue weighted by atomic mass is 9.89. The predicted molar refractivity (Wildman–Crippen MR) is 114 cm³/mol. The summed E-state index contributed by atoms with van der Waals surface area (Å²) in [5, 5.41) is 14.2. The summed E-state index contributed by atoms with van der Waals surface area (Å²) in [5.74, 6) is -5.51. The molecule has 1 spiro atoms. The second kappa shape index (κ2) is 12.5. The minimum absolute atomic E-state index is 0.107. The maximum Gasteiger partial charge on any atom is 0.490 e. The summed E-state index contributed by atoms with van der Waals surface area (Å²) in [6.07, 6.45) is -6.62. The smallest absolute Gasteiger partial charge is 0.475 e. The largest absolute Gasteiger partial charge is 0.490 e. The zero-order chi connectivity index (χ0) is 27.0. The molecule has 13 heteroatoms. The number of likely N-dealkylation sites (tertiary alicyclic amines) is 1. The first-order valence-electron chi connectivity index (χ1n) is 10.6. The lowest BCUT2D eigenvalue weighted by Crippen LogP contribution is -2.48. The summed E-state index contributed by atoms with van der Waals surface area (Å²) < 4.78 is 69.7. The first kappa shape index (κ1) is 30.7. The zero-order valence-electron chi connectivity index (χ0n) is 19.6. The van der Waals surface area contributed by atoms with Gasteiger partial charge in [0, 0.05) is 32.3 Å². The van der Waals surface area contributed by atoms with E-state index in [1.165, 1.54) is 30.4 Å². The quantitative estimate of drug-likeness (QED) is 0.588. The number of rotatable bonds is 3. The number of ether oxygens (including phenoxy) is 1. The molecule has 2 heterocycles. The van der Waals surface area contributed by atoms with E-state index in [9.17, 15) is 26.3 Å². The molecule has 2 saturated heterocycles. The fourth-order valence-electron chi connectivity index (χ4n) is 3.82. The Kier molecular flexibility index (Phi) is 11.0. The number of aliphatic carboxylic acids is 2. The molecule has 2 aliphatic heterocycles. The number of benzene rings is 1. The lowest BCUT2D eigenvalue weighted by Gasteiger charge is -2.40. The minimum Gasteiger partial charge on any atom is -0.475 e. The first-order valence-corrected chi connectivity index (χ1v) is 10.6. The predicted octanol–water partition coefficient (Wildman–Crippen LogP) is 3.95. The molecule has 7 nitrogen and oxygen atoms in total. The van der Waals surface area contributed by atoms with E-state index in [-0.39, 0.29) is 5.60 Å². The summed E-state index contributed by atoms with van der Waals surface area (Å²) >= 11 is 0. The van der Waals surface area contributed by atoms with Crippen molar-refractivity contribution in [2.24, 2.45) is 0 Å². The summed E-state index contributed by atoms with van der Waals surface area (Å²) in [7, 11) is 4.40. The third kappa shape index (κ3) is 10.4. The van der Waals surface area contributed by atoms with E-state index in [0.717, 1.165) is 26.2 Å². The maximum absolute atomic E-state index is 10.6. The van der Waals surface area contributed by atoms with Crippen molar-refractivity contribution < 1.29 is 50.9 Å². The number of nitrogens with zero attached hydrogens (tertiary/aromatic N) is 2. The van der Waals surface area contributed by atoms with Gasteiger partial charge >= 0.3 is 24.3 Å². The fraction of sp³-hybridized carbons (Fsp3) is 0.636. The van der Waals surface area contributed by atoms with Crippen molar-refractivity contribution in [2.75, 3.05) is 33.8 Å². The Bertz CT molecular complexity index is 822. The molecule has 2 atom stereocenters. The molecule has 2 N–H and O–H groups in total. The number of carbonyl (C=O) groups is 2. The topological polar surface area (TPSA) is 90.3 Å². The maximum atomic E-state index is 10.6. The van der Waals surface area contributed by atoms with Gasteiger partial charge in [-0.05, 0) is 51.4 Å². The number of hydrogen-bond donors (Lipinski definition) is 2. The highest BCUT2D eigenvalue weighted by molar-refractivity contribution is 5.73. The highest BCUT2D eigenvalue weighted by Crippen LogP contribution is 2.36. The van der Waals surface area contributed by atoms with Crippen LogP contribution in [-0.4, -0.2) is 89.7 Å². The van der Waals surface area contributed by atoms with Gasteiger partial charge in [0.1, 0.15) is 0 Å². The van der Waals surface area contributed by atoms with Gasteiger partial charge in [0.05, 0.1) is 5.60 Å². The normalized spacial score (nSPS) is 22.7. The van der Waals surface area contributed by atoms with Gasteiger partial charge in [-0.25, -0.2) is 9.59 Å². The Balaban J connectivity index is 0.000000362. The molecule has 0 amide bonds. The van der Waals surface area contributed by atoms with Crippen LogP contribution in [-0.2, 0) is 20.9 Å². The van der Waals surface area contributed by atoms with E-state index in [1.54, 1.807) is 0 Å². The molecule has 0 aromatic heterocycles. The molecule has 0 bridgehead atoms. The van der Waals surface area contributed by atoms with Gasteiger partial charge in [0.25, 0.3) is 0 Å². The summed E-state index contributed by atoms with van der Waals surface area (Å²) in [6, 6.07) is 9.41. The Labute approximate surface area is 199 Å². The highest BCUT2D eigenvalue weighted by atomic mass is 19.4. The summed E-state index contributed by atoms with van der Waals surface area (Å²) in [5.41, 5.74) is 2.96. The van der Waals surface area contributed by atoms with Gasteiger partial charge in [-0.15, -0.1) is 0 Å². The Hall–Kier alpha value is -2.38.